The lowest BCUT2D eigenvalue weighted by atomic mass is 10.0. The Hall–Kier alpha value is -3.41. The number of non-ortho nitro benzene ring substituents is 1. The first-order chi connectivity index (χ1) is 11.9. The third kappa shape index (κ3) is 3.14. The van der Waals surface area contributed by atoms with Gasteiger partial charge in [0.2, 0.25) is 0 Å². The topological polar surface area (TPSA) is 96.0 Å². The Morgan fingerprint density at radius 2 is 1.84 bits per heavy atom. The van der Waals surface area contributed by atoms with Gasteiger partial charge in [-0.15, -0.1) is 0 Å². The molecular weight excluding hydrogens is 320 g/mol. The highest BCUT2D eigenvalue weighted by Crippen LogP contribution is 2.33. The SMILES string of the molecule is Cc1cc(C)c(O)c(N=Cc2c(O)ccc3cc([N+](=O)[O-])ccc23)c1. The van der Waals surface area contributed by atoms with Crippen LogP contribution in [0.4, 0.5) is 11.4 Å². The molecule has 3 rings (SSSR count). The second kappa shape index (κ2) is 6.24. The van der Waals surface area contributed by atoms with Gasteiger partial charge in [0, 0.05) is 23.9 Å². The van der Waals surface area contributed by atoms with E-state index in [2.05, 4.69) is 4.99 Å². The first-order valence-corrected chi connectivity index (χ1v) is 7.61. The van der Waals surface area contributed by atoms with E-state index in [1.54, 1.807) is 25.1 Å². The number of phenolic OH excluding ortho intramolecular Hbond substituents is 2. The van der Waals surface area contributed by atoms with Crippen LogP contribution >= 0.6 is 0 Å². The average Bonchev–Trinajstić information content (AvgIpc) is 2.57. The molecule has 0 aromatic heterocycles. The van der Waals surface area contributed by atoms with Crippen molar-refractivity contribution in [3.63, 3.8) is 0 Å². The summed E-state index contributed by atoms with van der Waals surface area (Å²) in [4.78, 5) is 14.7. The van der Waals surface area contributed by atoms with E-state index in [4.69, 9.17) is 0 Å². The number of nitrogens with zero attached hydrogens (tertiary/aromatic N) is 2. The molecule has 0 unspecified atom stereocenters. The third-order valence-electron chi connectivity index (χ3n) is 3.99. The number of nitro benzene ring substituents is 1. The van der Waals surface area contributed by atoms with Crippen molar-refractivity contribution < 1.29 is 15.1 Å². The number of fused-ring (bicyclic) bond motifs is 1. The summed E-state index contributed by atoms with van der Waals surface area (Å²) in [5.41, 5.74) is 2.49. The van der Waals surface area contributed by atoms with Crippen LogP contribution in [0.5, 0.6) is 11.5 Å². The quantitative estimate of drug-likeness (QED) is 0.417. The molecule has 0 atom stereocenters. The Bertz CT molecular complexity index is 1030. The third-order valence-corrected chi connectivity index (χ3v) is 3.99. The molecule has 0 heterocycles. The van der Waals surface area contributed by atoms with E-state index in [0.717, 1.165) is 5.56 Å². The molecular formula is C19H16N2O4. The molecule has 0 amide bonds. The zero-order valence-electron chi connectivity index (χ0n) is 13.7. The first-order valence-electron chi connectivity index (χ1n) is 7.61. The van der Waals surface area contributed by atoms with Crippen LogP contribution in [0.1, 0.15) is 16.7 Å². The molecule has 0 saturated heterocycles. The fraction of sp³-hybridized carbons (Fsp3) is 0.105. The minimum absolute atomic E-state index is 0.00830. The molecule has 126 valence electrons. The lowest BCUT2D eigenvalue weighted by Gasteiger charge is -2.07. The summed E-state index contributed by atoms with van der Waals surface area (Å²) < 4.78 is 0. The second-order valence-electron chi connectivity index (χ2n) is 5.87. The Kier molecular flexibility index (Phi) is 4.10. The molecule has 0 radical (unpaired) electrons. The zero-order chi connectivity index (χ0) is 18.1. The van der Waals surface area contributed by atoms with Gasteiger partial charge in [0.05, 0.1) is 4.92 Å². The zero-order valence-corrected chi connectivity index (χ0v) is 13.7. The molecule has 2 N–H and O–H groups in total. The van der Waals surface area contributed by atoms with E-state index in [1.165, 1.54) is 24.4 Å². The highest BCUT2D eigenvalue weighted by molar-refractivity contribution is 6.03. The van der Waals surface area contributed by atoms with Crippen LogP contribution in [-0.2, 0) is 0 Å². The van der Waals surface area contributed by atoms with Gasteiger partial charge in [-0.1, -0.05) is 12.1 Å². The smallest absolute Gasteiger partial charge is 0.270 e. The Labute approximate surface area is 143 Å². The van der Waals surface area contributed by atoms with Gasteiger partial charge in [-0.3, -0.25) is 15.1 Å². The van der Waals surface area contributed by atoms with Crippen molar-refractivity contribution in [2.24, 2.45) is 4.99 Å². The lowest BCUT2D eigenvalue weighted by Crippen LogP contribution is -1.90. The summed E-state index contributed by atoms with van der Waals surface area (Å²) in [6.45, 7) is 3.69. The molecule has 0 aliphatic rings. The van der Waals surface area contributed by atoms with E-state index < -0.39 is 4.92 Å². The summed E-state index contributed by atoms with van der Waals surface area (Å²) in [6.07, 6.45) is 1.46. The highest BCUT2D eigenvalue weighted by atomic mass is 16.6. The predicted molar refractivity (Wildman–Crippen MR) is 97.1 cm³/mol. The van der Waals surface area contributed by atoms with Crippen molar-refractivity contribution in [3.8, 4) is 11.5 Å². The number of hydrogen-bond acceptors (Lipinski definition) is 5. The van der Waals surface area contributed by atoms with Crippen LogP contribution in [0.25, 0.3) is 10.8 Å². The van der Waals surface area contributed by atoms with Gasteiger partial charge in [0.15, 0.2) is 0 Å². The minimum Gasteiger partial charge on any atom is -0.507 e. The van der Waals surface area contributed by atoms with Gasteiger partial charge < -0.3 is 10.2 Å². The lowest BCUT2D eigenvalue weighted by molar-refractivity contribution is -0.384. The predicted octanol–water partition coefficient (Wildman–Crippen LogP) is 4.53. The molecule has 6 heteroatoms. The van der Waals surface area contributed by atoms with Gasteiger partial charge in [0.1, 0.15) is 17.2 Å². The van der Waals surface area contributed by atoms with Gasteiger partial charge in [0.25, 0.3) is 5.69 Å². The van der Waals surface area contributed by atoms with E-state index in [9.17, 15) is 20.3 Å². The molecule has 0 aliphatic carbocycles. The maximum Gasteiger partial charge on any atom is 0.270 e. The number of aliphatic imine (C=N–C) groups is 1. The van der Waals surface area contributed by atoms with Crippen molar-refractivity contribution >= 4 is 28.4 Å². The Morgan fingerprint density at radius 1 is 1.08 bits per heavy atom. The van der Waals surface area contributed by atoms with Crippen LogP contribution in [0.3, 0.4) is 0 Å². The number of aryl methyl sites for hydroxylation is 2. The molecule has 0 fully saturated rings. The molecule has 0 spiro atoms. The van der Waals surface area contributed by atoms with Crippen molar-refractivity contribution in [2.45, 2.75) is 13.8 Å². The fourth-order valence-electron chi connectivity index (χ4n) is 2.75. The molecule has 3 aromatic carbocycles. The minimum atomic E-state index is -0.465. The number of rotatable bonds is 3. The normalized spacial score (nSPS) is 11.3. The number of aromatic hydroxyl groups is 2. The molecule has 0 bridgehead atoms. The van der Waals surface area contributed by atoms with Crippen LogP contribution in [0.2, 0.25) is 0 Å². The molecule has 0 aliphatic heterocycles. The summed E-state index contributed by atoms with van der Waals surface area (Å²) in [6, 6.07) is 11.1. The first kappa shape index (κ1) is 16.4. The second-order valence-corrected chi connectivity index (χ2v) is 5.87. The maximum absolute atomic E-state index is 10.9. The van der Waals surface area contributed by atoms with Crippen molar-refractivity contribution in [3.05, 3.63) is 69.3 Å². The number of hydrogen-bond donors (Lipinski definition) is 2. The largest absolute Gasteiger partial charge is 0.507 e. The summed E-state index contributed by atoms with van der Waals surface area (Å²) in [5, 5.41) is 32.5. The molecule has 0 saturated carbocycles. The summed E-state index contributed by atoms with van der Waals surface area (Å²) in [7, 11) is 0. The van der Waals surface area contributed by atoms with Gasteiger partial charge in [-0.25, -0.2) is 0 Å². The molecule has 3 aromatic rings. The number of benzene rings is 3. The standard InChI is InChI=1S/C19H16N2O4/c1-11-7-12(2)19(23)17(8-11)20-10-16-15-5-4-14(21(24)25)9-13(15)3-6-18(16)22/h3-10,22-23H,1-2H3. The summed E-state index contributed by atoms with van der Waals surface area (Å²) in [5.74, 6) is 0.0891. The number of phenols is 2. The van der Waals surface area contributed by atoms with Crippen LogP contribution in [-0.4, -0.2) is 21.4 Å². The van der Waals surface area contributed by atoms with Crippen molar-refractivity contribution in [2.75, 3.05) is 0 Å². The van der Waals surface area contributed by atoms with E-state index in [1.807, 2.05) is 13.0 Å². The van der Waals surface area contributed by atoms with Crippen LogP contribution in [0.15, 0.2) is 47.5 Å². The van der Waals surface area contributed by atoms with E-state index >= 15 is 0 Å². The van der Waals surface area contributed by atoms with Crippen molar-refractivity contribution in [1.82, 2.24) is 0 Å². The van der Waals surface area contributed by atoms with Gasteiger partial charge in [-0.05, 0) is 53.9 Å². The van der Waals surface area contributed by atoms with Crippen LogP contribution in [0, 0.1) is 24.0 Å². The Morgan fingerprint density at radius 3 is 2.56 bits per heavy atom. The average molecular weight is 336 g/mol. The van der Waals surface area contributed by atoms with E-state index in [-0.39, 0.29) is 17.2 Å². The van der Waals surface area contributed by atoms with Gasteiger partial charge in [-0.2, -0.15) is 0 Å². The van der Waals surface area contributed by atoms with Crippen molar-refractivity contribution in [1.29, 1.82) is 0 Å². The van der Waals surface area contributed by atoms with Gasteiger partial charge >= 0.3 is 0 Å². The molecule has 25 heavy (non-hydrogen) atoms. The Balaban J connectivity index is 2.12. The monoisotopic (exact) mass is 336 g/mol. The number of nitro groups is 1. The van der Waals surface area contributed by atoms with Crippen LogP contribution < -0.4 is 0 Å². The highest BCUT2D eigenvalue weighted by Gasteiger charge is 2.11. The van der Waals surface area contributed by atoms with E-state index in [0.29, 0.717) is 27.6 Å². The molecule has 6 nitrogen and oxygen atoms in total. The fourth-order valence-corrected chi connectivity index (χ4v) is 2.75. The summed E-state index contributed by atoms with van der Waals surface area (Å²) >= 11 is 0. The maximum atomic E-state index is 10.9.